The zero-order chi connectivity index (χ0) is 16.4. The molecule has 1 aromatic heterocycles. The van der Waals surface area contributed by atoms with Crippen LogP contribution >= 0.6 is 39.1 Å². The standard InChI is InChI=1S/C18H14BrCl2NO/c1-11-6-12(2-4-17(11)19)18-5-3-16(23-18)10-22-15-8-13(20)7-14(21)9-15/h2-9,22H,10H2,1H3. The Morgan fingerprint density at radius 3 is 2.43 bits per heavy atom. The van der Waals surface area contributed by atoms with Crippen LogP contribution in [0.5, 0.6) is 0 Å². The second-order valence-electron chi connectivity index (χ2n) is 5.24. The molecule has 1 N–H and O–H groups in total. The van der Waals surface area contributed by atoms with Gasteiger partial charge in [0, 0.05) is 25.8 Å². The first-order valence-electron chi connectivity index (χ1n) is 7.06. The summed E-state index contributed by atoms with van der Waals surface area (Å²) in [5.74, 6) is 1.69. The first-order chi connectivity index (χ1) is 11.0. The number of anilines is 1. The molecular formula is C18H14BrCl2NO. The highest BCUT2D eigenvalue weighted by atomic mass is 79.9. The topological polar surface area (TPSA) is 25.2 Å². The normalized spacial score (nSPS) is 10.8. The highest BCUT2D eigenvalue weighted by Crippen LogP contribution is 2.27. The van der Waals surface area contributed by atoms with Crippen LogP contribution in [0.25, 0.3) is 11.3 Å². The van der Waals surface area contributed by atoms with Gasteiger partial charge in [-0.15, -0.1) is 0 Å². The van der Waals surface area contributed by atoms with Gasteiger partial charge >= 0.3 is 0 Å². The van der Waals surface area contributed by atoms with E-state index in [0.717, 1.165) is 27.2 Å². The molecule has 23 heavy (non-hydrogen) atoms. The summed E-state index contributed by atoms with van der Waals surface area (Å²) < 4.78 is 6.99. The van der Waals surface area contributed by atoms with Crippen LogP contribution in [0.3, 0.4) is 0 Å². The van der Waals surface area contributed by atoms with Gasteiger partial charge in [-0.3, -0.25) is 0 Å². The van der Waals surface area contributed by atoms with Crippen LogP contribution in [0.2, 0.25) is 10.0 Å². The average Bonchev–Trinajstić information content (AvgIpc) is 2.96. The Balaban J connectivity index is 1.73. The Hall–Kier alpha value is -1.42. The Bertz CT molecular complexity index is 825. The lowest BCUT2D eigenvalue weighted by Crippen LogP contribution is -1.97. The summed E-state index contributed by atoms with van der Waals surface area (Å²) in [5, 5.41) is 4.46. The molecule has 0 saturated carbocycles. The molecule has 118 valence electrons. The molecule has 0 unspecified atom stereocenters. The van der Waals surface area contributed by atoms with Crippen LogP contribution in [0.4, 0.5) is 5.69 Å². The maximum Gasteiger partial charge on any atom is 0.134 e. The van der Waals surface area contributed by atoms with E-state index < -0.39 is 0 Å². The van der Waals surface area contributed by atoms with Crippen LogP contribution in [-0.2, 0) is 6.54 Å². The zero-order valence-corrected chi connectivity index (χ0v) is 15.5. The second-order valence-corrected chi connectivity index (χ2v) is 6.97. The molecule has 0 saturated heterocycles. The van der Waals surface area contributed by atoms with E-state index in [1.54, 1.807) is 6.07 Å². The maximum atomic E-state index is 5.99. The van der Waals surface area contributed by atoms with Gasteiger partial charge in [0.1, 0.15) is 11.5 Å². The minimum Gasteiger partial charge on any atom is -0.459 e. The maximum absolute atomic E-state index is 5.99. The number of aryl methyl sites for hydroxylation is 1. The van der Waals surface area contributed by atoms with Crippen LogP contribution in [-0.4, -0.2) is 0 Å². The highest BCUT2D eigenvalue weighted by molar-refractivity contribution is 9.10. The minimum atomic E-state index is 0.562. The molecule has 0 amide bonds. The number of benzene rings is 2. The number of hydrogen-bond acceptors (Lipinski definition) is 2. The van der Waals surface area contributed by atoms with E-state index in [4.69, 9.17) is 27.6 Å². The molecule has 0 aliphatic heterocycles. The van der Waals surface area contributed by atoms with Crippen molar-refractivity contribution in [3.05, 3.63) is 74.4 Å². The van der Waals surface area contributed by atoms with E-state index in [0.29, 0.717) is 16.6 Å². The fourth-order valence-corrected chi connectivity index (χ4v) is 3.04. The van der Waals surface area contributed by atoms with Crippen LogP contribution in [0, 0.1) is 6.92 Å². The van der Waals surface area contributed by atoms with Gasteiger partial charge in [-0.1, -0.05) is 45.2 Å². The molecule has 0 fully saturated rings. The third-order valence-corrected chi connectivity index (χ3v) is 4.76. The van der Waals surface area contributed by atoms with Gasteiger partial charge in [0.2, 0.25) is 0 Å². The lowest BCUT2D eigenvalue weighted by Gasteiger charge is -2.06. The summed E-state index contributed by atoms with van der Waals surface area (Å²) in [6.07, 6.45) is 0. The average molecular weight is 411 g/mol. The molecule has 2 aromatic carbocycles. The summed E-state index contributed by atoms with van der Waals surface area (Å²) in [5.41, 5.74) is 3.09. The van der Waals surface area contributed by atoms with Gasteiger partial charge in [0.15, 0.2) is 0 Å². The molecule has 0 atom stereocenters. The quantitative estimate of drug-likeness (QED) is 0.503. The SMILES string of the molecule is Cc1cc(-c2ccc(CNc3cc(Cl)cc(Cl)c3)o2)ccc1Br. The predicted octanol–water partition coefficient (Wildman–Crippen LogP) is 6.94. The van der Waals surface area contributed by atoms with Crippen molar-refractivity contribution in [2.24, 2.45) is 0 Å². The molecule has 0 spiro atoms. The van der Waals surface area contributed by atoms with Crippen molar-refractivity contribution in [1.82, 2.24) is 0 Å². The van der Waals surface area contributed by atoms with Gasteiger partial charge in [-0.05, 0) is 55.0 Å². The number of hydrogen-bond donors (Lipinski definition) is 1. The lowest BCUT2D eigenvalue weighted by molar-refractivity contribution is 0.531. The summed E-state index contributed by atoms with van der Waals surface area (Å²) in [7, 11) is 0. The van der Waals surface area contributed by atoms with Crippen molar-refractivity contribution >= 4 is 44.8 Å². The molecule has 1 heterocycles. The third kappa shape index (κ3) is 4.11. The predicted molar refractivity (Wildman–Crippen MR) is 100 cm³/mol. The van der Waals surface area contributed by atoms with Gasteiger partial charge < -0.3 is 9.73 Å². The van der Waals surface area contributed by atoms with E-state index in [-0.39, 0.29) is 0 Å². The van der Waals surface area contributed by atoms with E-state index in [1.807, 2.05) is 36.4 Å². The molecule has 3 aromatic rings. The highest BCUT2D eigenvalue weighted by Gasteiger charge is 2.07. The molecule has 2 nitrogen and oxygen atoms in total. The van der Waals surface area contributed by atoms with E-state index >= 15 is 0 Å². The molecule has 3 rings (SSSR count). The van der Waals surface area contributed by atoms with Gasteiger partial charge in [0.05, 0.1) is 6.54 Å². The van der Waals surface area contributed by atoms with Crippen LogP contribution in [0.15, 0.2) is 57.4 Å². The van der Waals surface area contributed by atoms with E-state index in [9.17, 15) is 0 Å². The van der Waals surface area contributed by atoms with Crippen LogP contribution < -0.4 is 5.32 Å². The largest absolute Gasteiger partial charge is 0.459 e. The number of furan rings is 1. The van der Waals surface area contributed by atoms with Gasteiger partial charge in [-0.2, -0.15) is 0 Å². The second kappa shape index (κ2) is 7.00. The smallest absolute Gasteiger partial charge is 0.134 e. The van der Waals surface area contributed by atoms with Gasteiger partial charge in [0.25, 0.3) is 0 Å². The Morgan fingerprint density at radius 2 is 1.74 bits per heavy atom. The fourth-order valence-electron chi connectivity index (χ4n) is 2.27. The summed E-state index contributed by atoms with van der Waals surface area (Å²) in [4.78, 5) is 0. The Morgan fingerprint density at radius 1 is 1.00 bits per heavy atom. The molecular weight excluding hydrogens is 397 g/mol. The number of rotatable bonds is 4. The number of halogens is 3. The van der Waals surface area contributed by atoms with E-state index in [2.05, 4.69) is 34.2 Å². The third-order valence-electron chi connectivity index (χ3n) is 3.43. The summed E-state index contributed by atoms with van der Waals surface area (Å²) in [6.45, 7) is 2.62. The monoisotopic (exact) mass is 409 g/mol. The van der Waals surface area contributed by atoms with Crippen molar-refractivity contribution in [1.29, 1.82) is 0 Å². The molecule has 0 aliphatic rings. The number of nitrogens with one attached hydrogen (secondary N) is 1. The van der Waals surface area contributed by atoms with Crippen LogP contribution in [0.1, 0.15) is 11.3 Å². The van der Waals surface area contributed by atoms with Crippen molar-refractivity contribution in [3.63, 3.8) is 0 Å². The first kappa shape index (κ1) is 16.4. The molecule has 0 radical (unpaired) electrons. The van der Waals surface area contributed by atoms with Crippen molar-refractivity contribution in [2.45, 2.75) is 13.5 Å². The Labute approximate surface area is 153 Å². The van der Waals surface area contributed by atoms with Gasteiger partial charge in [-0.25, -0.2) is 0 Å². The lowest BCUT2D eigenvalue weighted by atomic mass is 10.1. The summed E-state index contributed by atoms with van der Waals surface area (Å²) in [6, 6.07) is 15.5. The fraction of sp³-hybridized carbons (Fsp3) is 0.111. The van der Waals surface area contributed by atoms with Crippen molar-refractivity contribution in [3.8, 4) is 11.3 Å². The Kier molecular flexibility index (Phi) is 5.00. The first-order valence-corrected chi connectivity index (χ1v) is 8.61. The van der Waals surface area contributed by atoms with E-state index in [1.165, 1.54) is 5.56 Å². The van der Waals surface area contributed by atoms with Crippen molar-refractivity contribution in [2.75, 3.05) is 5.32 Å². The zero-order valence-electron chi connectivity index (χ0n) is 12.4. The summed E-state index contributed by atoms with van der Waals surface area (Å²) >= 11 is 15.5. The minimum absolute atomic E-state index is 0.562. The van der Waals surface area contributed by atoms with Crippen molar-refractivity contribution < 1.29 is 4.42 Å². The molecule has 0 aliphatic carbocycles. The molecule has 0 bridgehead atoms. The molecule has 5 heteroatoms.